The molecule has 1 aliphatic rings. The summed E-state index contributed by atoms with van der Waals surface area (Å²) >= 11 is 0. The van der Waals surface area contributed by atoms with Crippen molar-refractivity contribution >= 4 is 0 Å². The Hall–Kier alpha value is -0.960. The summed E-state index contributed by atoms with van der Waals surface area (Å²) in [5, 5.41) is 9.30. The van der Waals surface area contributed by atoms with E-state index >= 15 is 0 Å². The maximum Gasteiger partial charge on any atom is 0.159 e. The Labute approximate surface area is 75.0 Å². The Morgan fingerprint density at radius 1 is 1.15 bits per heavy atom. The molecule has 70 valence electrons. The first-order valence-electron chi connectivity index (χ1n) is 4.31. The van der Waals surface area contributed by atoms with E-state index in [1.807, 2.05) is 0 Å². The molecule has 2 rings (SSSR count). The fourth-order valence-electron chi connectivity index (χ4n) is 1.73. The lowest BCUT2D eigenvalue weighted by atomic mass is 9.90. The van der Waals surface area contributed by atoms with Crippen LogP contribution in [-0.4, -0.2) is 11.2 Å². The Balaban J connectivity index is 2.43. The number of halogens is 2. The van der Waals surface area contributed by atoms with Crippen molar-refractivity contribution in [3.05, 3.63) is 34.9 Å². The molecule has 1 atom stereocenters. The third kappa shape index (κ3) is 1.56. The normalized spacial score (nSPS) is 21.3. The van der Waals surface area contributed by atoms with E-state index in [9.17, 15) is 13.9 Å². The topological polar surface area (TPSA) is 20.2 Å². The van der Waals surface area contributed by atoms with Crippen molar-refractivity contribution in [3.8, 4) is 0 Å². The molecule has 0 saturated carbocycles. The number of aliphatic hydroxyl groups excluding tert-OH is 1. The van der Waals surface area contributed by atoms with Crippen molar-refractivity contribution in [1.82, 2.24) is 0 Å². The lowest BCUT2D eigenvalue weighted by molar-refractivity contribution is 0.158. The Morgan fingerprint density at radius 3 is 2.46 bits per heavy atom. The summed E-state index contributed by atoms with van der Waals surface area (Å²) in [5.41, 5.74) is 1.56. The van der Waals surface area contributed by atoms with Gasteiger partial charge in [-0.3, -0.25) is 0 Å². The van der Waals surface area contributed by atoms with Gasteiger partial charge in [-0.2, -0.15) is 0 Å². The minimum absolute atomic E-state index is 0.405. The summed E-state index contributed by atoms with van der Waals surface area (Å²) in [6.07, 6.45) is 1.30. The van der Waals surface area contributed by atoms with Gasteiger partial charge >= 0.3 is 0 Å². The first-order valence-corrected chi connectivity index (χ1v) is 4.31. The number of hydrogen-bond acceptors (Lipinski definition) is 1. The molecule has 1 aliphatic carbocycles. The lowest BCUT2D eigenvalue weighted by Gasteiger charge is -2.20. The van der Waals surface area contributed by atoms with Crippen molar-refractivity contribution in [2.45, 2.75) is 25.4 Å². The molecule has 0 aromatic heterocycles. The number of aryl methyl sites for hydroxylation is 1. The molecule has 0 fully saturated rings. The van der Waals surface area contributed by atoms with Crippen molar-refractivity contribution < 1.29 is 13.9 Å². The molecule has 0 amide bonds. The molecular formula is C10H10F2O. The van der Waals surface area contributed by atoms with Gasteiger partial charge in [0, 0.05) is 0 Å². The van der Waals surface area contributed by atoms with Crippen LogP contribution in [0.25, 0.3) is 0 Å². The van der Waals surface area contributed by atoms with Crippen molar-refractivity contribution in [2.75, 3.05) is 0 Å². The minimum atomic E-state index is -0.826. The van der Waals surface area contributed by atoms with Crippen LogP contribution in [0.1, 0.15) is 17.5 Å². The Morgan fingerprint density at radius 2 is 1.77 bits per heavy atom. The van der Waals surface area contributed by atoms with E-state index in [0.717, 1.165) is 11.1 Å². The van der Waals surface area contributed by atoms with Crippen molar-refractivity contribution in [1.29, 1.82) is 0 Å². The third-order valence-electron chi connectivity index (χ3n) is 2.44. The Bertz CT molecular complexity index is 336. The van der Waals surface area contributed by atoms with E-state index in [2.05, 4.69) is 0 Å². The number of hydrogen-bond donors (Lipinski definition) is 1. The minimum Gasteiger partial charge on any atom is -0.393 e. The quantitative estimate of drug-likeness (QED) is 0.652. The highest BCUT2D eigenvalue weighted by Crippen LogP contribution is 2.23. The molecule has 0 unspecified atom stereocenters. The average molecular weight is 184 g/mol. The number of aliphatic hydroxyl groups is 1. The van der Waals surface area contributed by atoms with E-state index in [1.54, 1.807) is 0 Å². The molecule has 13 heavy (non-hydrogen) atoms. The molecule has 0 bridgehead atoms. The van der Waals surface area contributed by atoms with Crippen LogP contribution >= 0.6 is 0 Å². The summed E-state index contributed by atoms with van der Waals surface area (Å²) < 4.78 is 25.5. The molecule has 1 nitrogen and oxygen atoms in total. The third-order valence-corrected chi connectivity index (χ3v) is 2.44. The van der Waals surface area contributed by atoms with Crippen LogP contribution in [0.5, 0.6) is 0 Å². The van der Waals surface area contributed by atoms with Crippen LogP contribution in [0.2, 0.25) is 0 Å². The molecule has 0 spiro atoms. The van der Waals surface area contributed by atoms with Crippen LogP contribution < -0.4 is 0 Å². The summed E-state index contributed by atoms with van der Waals surface area (Å²) in [6, 6.07) is 2.42. The highest BCUT2D eigenvalue weighted by molar-refractivity contribution is 5.31. The molecule has 3 heteroatoms. The fourth-order valence-corrected chi connectivity index (χ4v) is 1.73. The maximum atomic E-state index is 12.8. The summed E-state index contributed by atoms with van der Waals surface area (Å²) in [4.78, 5) is 0. The second-order valence-electron chi connectivity index (χ2n) is 3.43. The zero-order valence-electron chi connectivity index (χ0n) is 7.06. The van der Waals surface area contributed by atoms with E-state index in [-0.39, 0.29) is 0 Å². The van der Waals surface area contributed by atoms with Crippen LogP contribution in [0.4, 0.5) is 8.78 Å². The van der Waals surface area contributed by atoms with Crippen LogP contribution in [0.15, 0.2) is 12.1 Å². The SMILES string of the molecule is O[C@H]1CCc2cc(F)c(F)cc2C1. The van der Waals surface area contributed by atoms with Gasteiger partial charge in [0.15, 0.2) is 11.6 Å². The maximum absolute atomic E-state index is 12.8. The van der Waals surface area contributed by atoms with Crippen molar-refractivity contribution in [2.24, 2.45) is 0 Å². The lowest BCUT2D eigenvalue weighted by Crippen LogP contribution is -2.19. The van der Waals surface area contributed by atoms with Gasteiger partial charge in [0.2, 0.25) is 0 Å². The molecule has 1 N–H and O–H groups in total. The molecule has 0 radical (unpaired) electrons. The average Bonchev–Trinajstić information content (AvgIpc) is 2.08. The first-order chi connectivity index (χ1) is 6.16. The predicted octanol–water partition coefficient (Wildman–Crippen LogP) is 1.81. The molecule has 0 aliphatic heterocycles. The van der Waals surface area contributed by atoms with E-state index < -0.39 is 17.7 Å². The monoisotopic (exact) mass is 184 g/mol. The standard InChI is InChI=1S/C10H10F2O/c11-9-4-6-1-2-8(13)3-7(6)5-10(9)12/h4-5,8,13H,1-3H2/t8-/m0/s1. The predicted molar refractivity (Wildman–Crippen MR) is 44.4 cm³/mol. The highest BCUT2D eigenvalue weighted by Gasteiger charge is 2.18. The van der Waals surface area contributed by atoms with E-state index in [1.165, 1.54) is 12.1 Å². The number of rotatable bonds is 0. The first kappa shape index (κ1) is 8.63. The summed E-state index contributed by atoms with van der Waals surface area (Å²) in [7, 11) is 0. The van der Waals surface area contributed by atoms with Gasteiger partial charge in [-0.25, -0.2) is 8.78 Å². The van der Waals surface area contributed by atoms with Gasteiger partial charge in [-0.1, -0.05) is 0 Å². The van der Waals surface area contributed by atoms with E-state index in [4.69, 9.17) is 0 Å². The Kier molecular flexibility index (Phi) is 2.04. The second kappa shape index (κ2) is 3.07. The molecule has 0 saturated heterocycles. The fraction of sp³-hybridized carbons (Fsp3) is 0.400. The van der Waals surface area contributed by atoms with Crippen LogP contribution in [0, 0.1) is 11.6 Å². The van der Waals surface area contributed by atoms with E-state index in [0.29, 0.717) is 19.3 Å². The molecule has 0 heterocycles. The van der Waals surface area contributed by atoms with Crippen molar-refractivity contribution in [3.63, 3.8) is 0 Å². The van der Waals surface area contributed by atoms with Gasteiger partial charge < -0.3 is 5.11 Å². The zero-order valence-corrected chi connectivity index (χ0v) is 7.06. The van der Waals surface area contributed by atoms with Gasteiger partial charge in [0.05, 0.1) is 6.10 Å². The van der Waals surface area contributed by atoms with Gasteiger partial charge in [0.25, 0.3) is 0 Å². The van der Waals surface area contributed by atoms with Crippen LogP contribution in [0.3, 0.4) is 0 Å². The summed E-state index contributed by atoms with van der Waals surface area (Å²) in [5.74, 6) is -1.62. The zero-order chi connectivity index (χ0) is 9.42. The second-order valence-corrected chi connectivity index (χ2v) is 3.43. The smallest absolute Gasteiger partial charge is 0.159 e. The van der Waals surface area contributed by atoms with Crippen LogP contribution in [-0.2, 0) is 12.8 Å². The molecular weight excluding hydrogens is 174 g/mol. The highest BCUT2D eigenvalue weighted by atomic mass is 19.2. The van der Waals surface area contributed by atoms with Gasteiger partial charge in [0.1, 0.15) is 0 Å². The van der Waals surface area contributed by atoms with Gasteiger partial charge in [-0.15, -0.1) is 0 Å². The van der Waals surface area contributed by atoms with Gasteiger partial charge in [-0.05, 0) is 42.5 Å². The number of benzene rings is 1. The summed E-state index contributed by atoms with van der Waals surface area (Å²) in [6.45, 7) is 0. The number of fused-ring (bicyclic) bond motifs is 1. The molecule has 1 aromatic carbocycles. The largest absolute Gasteiger partial charge is 0.393 e. The molecule has 1 aromatic rings.